The Labute approximate surface area is 70.2 Å². The quantitative estimate of drug-likeness (QED) is 0.226. The Morgan fingerprint density at radius 1 is 0.667 bits per heavy atom. The zero-order chi connectivity index (χ0) is 9.46. The maximum absolute atomic E-state index is 5.61. The summed E-state index contributed by atoms with van der Waals surface area (Å²) in [6.45, 7) is 0. The van der Waals surface area contributed by atoms with E-state index in [1.165, 1.54) is 0 Å². The summed E-state index contributed by atoms with van der Waals surface area (Å²) in [7, 11) is 0. The first kappa shape index (κ1) is 8.69. The molecule has 12 heavy (non-hydrogen) atoms. The standard InChI is InChI=1S/C6H14N6/c7-1-2(8)4(10)6(12)5(11)3(1)9/h1-2H,7-12H2. The van der Waals surface area contributed by atoms with Gasteiger partial charge in [-0.1, -0.05) is 0 Å². The fourth-order valence-corrected chi connectivity index (χ4v) is 1.06. The Morgan fingerprint density at radius 3 is 1.17 bits per heavy atom. The third kappa shape index (κ3) is 0.973. The number of hydrogen-bond acceptors (Lipinski definition) is 6. The topological polar surface area (TPSA) is 156 Å². The Bertz CT molecular complexity index is 237. The van der Waals surface area contributed by atoms with Crippen molar-refractivity contribution < 1.29 is 0 Å². The van der Waals surface area contributed by atoms with E-state index in [1.54, 1.807) is 0 Å². The Balaban J connectivity index is 3.18. The van der Waals surface area contributed by atoms with Gasteiger partial charge in [0.15, 0.2) is 0 Å². The third-order valence-electron chi connectivity index (χ3n) is 2.02. The van der Waals surface area contributed by atoms with Crippen molar-refractivity contribution >= 4 is 0 Å². The van der Waals surface area contributed by atoms with Crippen molar-refractivity contribution in [1.82, 2.24) is 0 Å². The predicted molar refractivity (Wildman–Crippen MR) is 46.8 cm³/mol. The van der Waals surface area contributed by atoms with Gasteiger partial charge in [-0.3, -0.25) is 0 Å². The lowest BCUT2D eigenvalue weighted by atomic mass is 9.94. The summed E-state index contributed by atoms with van der Waals surface area (Å²) in [6.07, 6.45) is 0. The zero-order valence-corrected chi connectivity index (χ0v) is 6.62. The van der Waals surface area contributed by atoms with Gasteiger partial charge in [0.2, 0.25) is 0 Å². The van der Waals surface area contributed by atoms with Crippen molar-refractivity contribution in [3.8, 4) is 0 Å². The molecule has 0 saturated heterocycles. The van der Waals surface area contributed by atoms with E-state index in [0.717, 1.165) is 0 Å². The minimum absolute atomic E-state index is 0.238. The Kier molecular flexibility index (Phi) is 1.87. The first-order valence-corrected chi connectivity index (χ1v) is 3.48. The minimum atomic E-state index is -0.544. The average molecular weight is 170 g/mol. The Hall–Kier alpha value is -1.40. The fraction of sp³-hybridized carbons (Fsp3) is 0.333. The van der Waals surface area contributed by atoms with Crippen LogP contribution < -0.4 is 34.4 Å². The van der Waals surface area contributed by atoms with E-state index in [2.05, 4.69) is 0 Å². The summed E-state index contributed by atoms with van der Waals surface area (Å²) in [5, 5.41) is 0. The van der Waals surface area contributed by atoms with Gasteiger partial charge in [0, 0.05) is 0 Å². The van der Waals surface area contributed by atoms with Crippen LogP contribution in [0, 0.1) is 0 Å². The summed E-state index contributed by atoms with van der Waals surface area (Å²) >= 11 is 0. The molecule has 2 unspecified atom stereocenters. The van der Waals surface area contributed by atoms with Gasteiger partial charge in [-0.15, -0.1) is 0 Å². The van der Waals surface area contributed by atoms with Gasteiger partial charge in [0.25, 0.3) is 0 Å². The first-order valence-electron chi connectivity index (χ1n) is 3.48. The van der Waals surface area contributed by atoms with Crippen LogP contribution in [-0.2, 0) is 0 Å². The van der Waals surface area contributed by atoms with E-state index in [9.17, 15) is 0 Å². The second kappa shape index (κ2) is 2.58. The summed E-state index contributed by atoms with van der Waals surface area (Å²) in [4.78, 5) is 0. The molecule has 68 valence electrons. The maximum Gasteiger partial charge on any atom is 0.0774 e. The van der Waals surface area contributed by atoms with Crippen molar-refractivity contribution in [2.75, 3.05) is 0 Å². The lowest BCUT2D eigenvalue weighted by molar-refractivity contribution is 0.607. The number of rotatable bonds is 0. The van der Waals surface area contributed by atoms with Gasteiger partial charge in [0.1, 0.15) is 0 Å². The van der Waals surface area contributed by atoms with E-state index in [0.29, 0.717) is 11.4 Å². The molecule has 0 amide bonds. The van der Waals surface area contributed by atoms with Crippen LogP contribution in [0.3, 0.4) is 0 Å². The summed E-state index contributed by atoms with van der Waals surface area (Å²) in [5.74, 6) is 0. The SMILES string of the molecule is NC1=C(N)C(N)C(N)C(N)=C1N. The van der Waals surface area contributed by atoms with Crippen LogP contribution in [0.15, 0.2) is 22.8 Å². The van der Waals surface area contributed by atoms with Gasteiger partial charge in [-0.05, 0) is 0 Å². The molecule has 0 aromatic heterocycles. The van der Waals surface area contributed by atoms with Gasteiger partial charge >= 0.3 is 0 Å². The molecule has 0 bridgehead atoms. The second-order valence-corrected chi connectivity index (χ2v) is 2.79. The predicted octanol–water partition coefficient (Wildman–Crippen LogP) is -3.09. The van der Waals surface area contributed by atoms with Crippen LogP contribution in [-0.4, -0.2) is 12.1 Å². The molecule has 1 rings (SSSR count). The molecule has 0 aliphatic heterocycles. The molecule has 0 spiro atoms. The summed E-state index contributed by atoms with van der Waals surface area (Å²) in [5.41, 5.74) is 34.4. The van der Waals surface area contributed by atoms with E-state index in [4.69, 9.17) is 34.4 Å². The van der Waals surface area contributed by atoms with Crippen molar-refractivity contribution in [2.24, 2.45) is 34.4 Å². The van der Waals surface area contributed by atoms with Crippen molar-refractivity contribution in [1.29, 1.82) is 0 Å². The van der Waals surface area contributed by atoms with Crippen LogP contribution in [0.2, 0.25) is 0 Å². The molecule has 0 radical (unpaired) electrons. The molecule has 0 saturated carbocycles. The summed E-state index contributed by atoms with van der Waals surface area (Å²) < 4.78 is 0. The smallest absolute Gasteiger partial charge is 0.0774 e. The largest absolute Gasteiger partial charge is 0.399 e. The van der Waals surface area contributed by atoms with E-state index in [-0.39, 0.29) is 11.4 Å². The fourth-order valence-electron chi connectivity index (χ4n) is 1.06. The zero-order valence-electron chi connectivity index (χ0n) is 6.62. The number of nitrogens with two attached hydrogens (primary N) is 6. The van der Waals surface area contributed by atoms with Gasteiger partial charge in [-0.2, -0.15) is 0 Å². The van der Waals surface area contributed by atoms with Gasteiger partial charge in [0.05, 0.1) is 34.9 Å². The van der Waals surface area contributed by atoms with Crippen LogP contribution in [0.1, 0.15) is 0 Å². The van der Waals surface area contributed by atoms with Crippen LogP contribution >= 0.6 is 0 Å². The lowest BCUT2D eigenvalue weighted by Crippen LogP contribution is -2.52. The van der Waals surface area contributed by atoms with Crippen molar-refractivity contribution in [2.45, 2.75) is 12.1 Å². The molecule has 6 nitrogen and oxygen atoms in total. The molecule has 1 aliphatic carbocycles. The molecule has 2 atom stereocenters. The maximum atomic E-state index is 5.61. The van der Waals surface area contributed by atoms with Gasteiger partial charge in [-0.25, -0.2) is 0 Å². The third-order valence-corrected chi connectivity index (χ3v) is 2.02. The molecular formula is C6H14N6. The van der Waals surface area contributed by atoms with Crippen LogP contribution in [0.5, 0.6) is 0 Å². The highest BCUT2D eigenvalue weighted by atomic mass is 14.9. The Morgan fingerprint density at radius 2 is 0.917 bits per heavy atom. The lowest BCUT2D eigenvalue weighted by Gasteiger charge is -2.28. The number of hydrogen-bond donors (Lipinski definition) is 6. The molecule has 12 N–H and O–H groups in total. The molecule has 0 aromatic carbocycles. The highest BCUT2D eigenvalue weighted by Gasteiger charge is 2.27. The van der Waals surface area contributed by atoms with Crippen molar-refractivity contribution in [3.05, 3.63) is 22.8 Å². The second-order valence-electron chi connectivity index (χ2n) is 2.79. The molecule has 0 heterocycles. The minimum Gasteiger partial charge on any atom is -0.399 e. The van der Waals surface area contributed by atoms with E-state index in [1.807, 2.05) is 0 Å². The monoisotopic (exact) mass is 170 g/mol. The van der Waals surface area contributed by atoms with Crippen molar-refractivity contribution in [3.63, 3.8) is 0 Å². The molecular weight excluding hydrogens is 156 g/mol. The molecule has 0 aromatic rings. The highest BCUT2D eigenvalue weighted by Crippen LogP contribution is 2.16. The van der Waals surface area contributed by atoms with E-state index < -0.39 is 12.1 Å². The van der Waals surface area contributed by atoms with Gasteiger partial charge < -0.3 is 34.4 Å². The molecule has 1 aliphatic rings. The first-order chi connectivity index (χ1) is 5.46. The summed E-state index contributed by atoms with van der Waals surface area (Å²) in [6, 6.07) is -1.09. The average Bonchev–Trinajstić information content (AvgIpc) is 2.08. The molecule has 6 heteroatoms. The normalized spacial score (nSPS) is 31.2. The van der Waals surface area contributed by atoms with Crippen LogP contribution in [0.4, 0.5) is 0 Å². The van der Waals surface area contributed by atoms with E-state index >= 15 is 0 Å². The molecule has 0 fully saturated rings. The highest BCUT2D eigenvalue weighted by molar-refractivity contribution is 5.42. The van der Waals surface area contributed by atoms with Crippen LogP contribution in [0.25, 0.3) is 0 Å².